The standard InChI is InChI=1S/C10H17N3O5/c14-2-4-18-3-1-11-8(15)5-7-6-9(16)13-10(17)12-7/h7,14H,1-6H2,(H,11,15)(H2,12,13,16,17). The van der Waals surface area contributed by atoms with Crippen LogP contribution >= 0.6 is 0 Å². The van der Waals surface area contributed by atoms with Crippen LogP contribution in [0, 0.1) is 0 Å². The summed E-state index contributed by atoms with van der Waals surface area (Å²) >= 11 is 0. The minimum atomic E-state index is -0.574. The average molecular weight is 259 g/mol. The van der Waals surface area contributed by atoms with Gasteiger partial charge >= 0.3 is 6.03 Å². The van der Waals surface area contributed by atoms with Gasteiger partial charge in [-0.25, -0.2) is 4.79 Å². The molecule has 1 fully saturated rings. The molecule has 1 unspecified atom stereocenters. The Morgan fingerprint density at radius 2 is 2.22 bits per heavy atom. The van der Waals surface area contributed by atoms with Crippen molar-refractivity contribution in [2.45, 2.75) is 18.9 Å². The number of aliphatic hydroxyl groups excluding tert-OH is 1. The molecule has 8 nitrogen and oxygen atoms in total. The highest BCUT2D eigenvalue weighted by atomic mass is 16.5. The summed E-state index contributed by atoms with van der Waals surface area (Å²) in [7, 11) is 0. The normalized spacial score (nSPS) is 19.1. The van der Waals surface area contributed by atoms with Gasteiger partial charge in [0, 0.05) is 25.4 Å². The van der Waals surface area contributed by atoms with Crippen LogP contribution in [-0.2, 0) is 14.3 Å². The highest BCUT2D eigenvalue weighted by Crippen LogP contribution is 2.02. The molecule has 102 valence electrons. The Bertz CT molecular complexity index is 305. The molecule has 0 radical (unpaired) electrons. The van der Waals surface area contributed by atoms with E-state index < -0.39 is 12.1 Å². The molecule has 0 aliphatic carbocycles. The first kappa shape index (κ1) is 14.4. The van der Waals surface area contributed by atoms with Crippen LogP contribution in [0.1, 0.15) is 12.8 Å². The number of hydrogen-bond acceptors (Lipinski definition) is 5. The summed E-state index contributed by atoms with van der Waals surface area (Å²) in [6.07, 6.45) is 0.152. The Balaban J connectivity index is 2.15. The van der Waals surface area contributed by atoms with E-state index in [-0.39, 0.29) is 37.9 Å². The van der Waals surface area contributed by atoms with Crippen molar-refractivity contribution in [1.82, 2.24) is 16.0 Å². The predicted octanol–water partition coefficient (Wildman–Crippen LogP) is -1.90. The van der Waals surface area contributed by atoms with Gasteiger partial charge in [0.1, 0.15) is 0 Å². The summed E-state index contributed by atoms with van der Waals surface area (Å²) < 4.78 is 4.96. The van der Waals surface area contributed by atoms with Crippen molar-refractivity contribution in [3.8, 4) is 0 Å². The van der Waals surface area contributed by atoms with Gasteiger partial charge in [-0.1, -0.05) is 0 Å². The van der Waals surface area contributed by atoms with E-state index in [9.17, 15) is 14.4 Å². The highest BCUT2D eigenvalue weighted by molar-refractivity contribution is 5.97. The van der Waals surface area contributed by atoms with E-state index in [1.807, 2.05) is 0 Å². The number of nitrogens with one attached hydrogen (secondary N) is 3. The highest BCUT2D eigenvalue weighted by Gasteiger charge is 2.25. The Morgan fingerprint density at radius 3 is 2.89 bits per heavy atom. The van der Waals surface area contributed by atoms with Gasteiger partial charge in [-0.2, -0.15) is 0 Å². The Morgan fingerprint density at radius 1 is 1.44 bits per heavy atom. The summed E-state index contributed by atoms with van der Waals surface area (Å²) in [5, 5.41) is 15.6. The molecule has 1 atom stereocenters. The van der Waals surface area contributed by atoms with Gasteiger partial charge in [0.15, 0.2) is 0 Å². The second-order valence-corrected chi connectivity index (χ2v) is 3.81. The van der Waals surface area contributed by atoms with Crippen LogP contribution in [-0.4, -0.2) is 55.4 Å². The van der Waals surface area contributed by atoms with Crippen LogP contribution in [0.2, 0.25) is 0 Å². The molecule has 0 saturated carbocycles. The summed E-state index contributed by atoms with van der Waals surface area (Å²) in [5.41, 5.74) is 0. The molecular formula is C10H17N3O5. The fourth-order valence-corrected chi connectivity index (χ4v) is 1.52. The molecule has 1 aliphatic rings. The van der Waals surface area contributed by atoms with Gasteiger partial charge in [-0.05, 0) is 0 Å². The number of imide groups is 1. The van der Waals surface area contributed by atoms with Crippen LogP contribution in [0.4, 0.5) is 4.79 Å². The monoisotopic (exact) mass is 259 g/mol. The van der Waals surface area contributed by atoms with E-state index in [4.69, 9.17) is 9.84 Å². The van der Waals surface area contributed by atoms with Crippen LogP contribution in [0.5, 0.6) is 0 Å². The third-order valence-electron chi connectivity index (χ3n) is 2.26. The van der Waals surface area contributed by atoms with Crippen molar-refractivity contribution in [2.24, 2.45) is 0 Å². The maximum atomic E-state index is 11.5. The first-order valence-corrected chi connectivity index (χ1v) is 5.67. The van der Waals surface area contributed by atoms with E-state index in [0.717, 1.165) is 0 Å². The minimum absolute atomic E-state index is 0.0547. The summed E-state index contributed by atoms with van der Waals surface area (Å²) in [5.74, 6) is -0.648. The average Bonchev–Trinajstić information content (AvgIpc) is 2.27. The Hall–Kier alpha value is -1.67. The third kappa shape index (κ3) is 5.60. The smallest absolute Gasteiger partial charge is 0.321 e. The van der Waals surface area contributed by atoms with Gasteiger partial charge < -0.3 is 20.5 Å². The molecule has 4 N–H and O–H groups in total. The Kier molecular flexibility index (Phi) is 6.09. The fourth-order valence-electron chi connectivity index (χ4n) is 1.52. The number of carbonyl (C=O) groups excluding carboxylic acids is 3. The zero-order valence-electron chi connectivity index (χ0n) is 9.90. The lowest BCUT2D eigenvalue weighted by Crippen LogP contribution is -2.53. The predicted molar refractivity (Wildman–Crippen MR) is 60.6 cm³/mol. The van der Waals surface area contributed by atoms with E-state index >= 15 is 0 Å². The van der Waals surface area contributed by atoms with Crippen molar-refractivity contribution >= 4 is 17.8 Å². The van der Waals surface area contributed by atoms with Gasteiger partial charge in [0.2, 0.25) is 11.8 Å². The maximum absolute atomic E-state index is 11.5. The fraction of sp³-hybridized carbons (Fsp3) is 0.700. The quantitative estimate of drug-likeness (QED) is 0.398. The van der Waals surface area contributed by atoms with E-state index in [1.54, 1.807) is 0 Å². The van der Waals surface area contributed by atoms with E-state index in [2.05, 4.69) is 16.0 Å². The van der Waals surface area contributed by atoms with Gasteiger partial charge in [-0.3, -0.25) is 14.9 Å². The lowest BCUT2D eigenvalue weighted by atomic mass is 10.1. The Labute approximate surface area is 104 Å². The molecule has 18 heavy (non-hydrogen) atoms. The van der Waals surface area contributed by atoms with Crippen molar-refractivity contribution in [1.29, 1.82) is 0 Å². The van der Waals surface area contributed by atoms with Crippen molar-refractivity contribution in [3.05, 3.63) is 0 Å². The van der Waals surface area contributed by atoms with Gasteiger partial charge in [0.05, 0.1) is 19.8 Å². The number of carbonyl (C=O) groups is 3. The molecule has 0 aromatic heterocycles. The number of ether oxygens (including phenoxy) is 1. The topological polar surface area (TPSA) is 117 Å². The van der Waals surface area contributed by atoms with E-state index in [1.165, 1.54) is 0 Å². The van der Waals surface area contributed by atoms with Crippen molar-refractivity contribution in [2.75, 3.05) is 26.4 Å². The molecule has 0 bridgehead atoms. The lowest BCUT2D eigenvalue weighted by molar-refractivity contribution is -0.123. The molecule has 1 rings (SSSR count). The van der Waals surface area contributed by atoms with Crippen molar-refractivity contribution < 1.29 is 24.2 Å². The molecule has 8 heteroatoms. The number of rotatable bonds is 7. The minimum Gasteiger partial charge on any atom is -0.394 e. The molecule has 0 spiro atoms. The SMILES string of the molecule is O=C(CC1CC(=O)NC(=O)N1)NCCOCCO. The van der Waals surface area contributed by atoms with Crippen LogP contribution in [0.25, 0.3) is 0 Å². The molecule has 1 aliphatic heterocycles. The van der Waals surface area contributed by atoms with Gasteiger partial charge in [-0.15, -0.1) is 0 Å². The lowest BCUT2D eigenvalue weighted by Gasteiger charge is -2.22. The first-order chi connectivity index (χ1) is 8.61. The molecular weight excluding hydrogens is 242 g/mol. The zero-order valence-corrected chi connectivity index (χ0v) is 9.90. The number of urea groups is 1. The maximum Gasteiger partial charge on any atom is 0.321 e. The molecule has 0 aromatic carbocycles. The van der Waals surface area contributed by atoms with Crippen LogP contribution in [0.15, 0.2) is 0 Å². The largest absolute Gasteiger partial charge is 0.394 e. The summed E-state index contributed by atoms with van der Waals surface area (Å²) in [6.45, 7) is 0.807. The second kappa shape index (κ2) is 7.62. The number of amides is 4. The van der Waals surface area contributed by atoms with Crippen LogP contribution < -0.4 is 16.0 Å². The molecule has 4 amide bonds. The second-order valence-electron chi connectivity index (χ2n) is 3.81. The number of hydrogen-bond donors (Lipinski definition) is 4. The number of aliphatic hydroxyl groups is 1. The first-order valence-electron chi connectivity index (χ1n) is 5.67. The van der Waals surface area contributed by atoms with Crippen molar-refractivity contribution in [3.63, 3.8) is 0 Å². The van der Waals surface area contributed by atoms with E-state index in [0.29, 0.717) is 13.2 Å². The van der Waals surface area contributed by atoms with Crippen LogP contribution in [0.3, 0.4) is 0 Å². The summed E-state index contributed by atoms with van der Waals surface area (Å²) in [6, 6.07) is -1.04. The molecule has 1 heterocycles. The zero-order chi connectivity index (χ0) is 13.4. The van der Waals surface area contributed by atoms with Gasteiger partial charge in [0.25, 0.3) is 0 Å². The molecule has 0 aromatic rings. The summed E-state index contributed by atoms with van der Waals surface area (Å²) in [4.78, 5) is 33.5. The third-order valence-corrected chi connectivity index (χ3v) is 2.26. The molecule has 1 saturated heterocycles.